The van der Waals surface area contributed by atoms with Gasteiger partial charge in [0.05, 0.1) is 6.61 Å². The zero-order chi connectivity index (χ0) is 14.5. The SMILES string of the molecule is CNc1cc(OCCC2CCCN2C)nc(C(C)C)n1. The molecule has 1 N–H and O–H groups in total. The molecule has 2 rings (SSSR count). The molecule has 0 saturated carbocycles. The third kappa shape index (κ3) is 3.82. The molecule has 1 saturated heterocycles. The van der Waals surface area contributed by atoms with Gasteiger partial charge in [-0.2, -0.15) is 4.98 Å². The van der Waals surface area contributed by atoms with Crippen LogP contribution in [0.15, 0.2) is 6.07 Å². The Morgan fingerprint density at radius 3 is 2.85 bits per heavy atom. The average Bonchev–Trinajstić information content (AvgIpc) is 2.84. The number of hydrogen-bond acceptors (Lipinski definition) is 5. The molecule has 112 valence electrons. The van der Waals surface area contributed by atoms with Crippen molar-refractivity contribution in [2.45, 2.75) is 45.1 Å². The summed E-state index contributed by atoms with van der Waals surface area (Å²) in [4.78, 5) is 11.3. The van der Waals surface area contributed by atoms with Gasteiger partial charge in [0, 0.05) is 25.1 Å². The van der Waals surface area contributed by atoms with E-state index in [-0.39, 0.29) is 0 Å². The fourth-order valence-electron chi connectivity index (χ4n) is 2.55. The first kappa shape index (κ1) is 15.0. The normalized spacial score (nSPS) is 19.6. The van der Waals surface area contributed by atoms with Gasteiger partial charge in [-0.3, -0.25) is 0 Å². The Morgan fingerprint density at radius 1 is 1.45 bits per heavy atom. The van der Waals surface area contributed by atoms with E-state index in [9.17, 15) is 0 Å². The minimum atomic E-state index is 0.298. The van der Waals surface area contributed by atoms with Crippen molar-refractivity contribution in [3.8, 4) is 5.88 Å². The van der Waals surface area contributed by atoms with Crippen molar-refractivity contribution in [2.24, 2.45) is 0 Å². The number of ether oxygens (including phenoxy) is 1. The summed E-state index contributed by atoms with van der Waals surface area (Å²) < 4.78 is 5.83. The lowest BCUT2D eigenvalue weighted by Crippen LogP contribution is -2.26. The van der Waals surface area contributed by atoms with Crippen LogP contribution >= 0.6 is 0 Å². The van der Waals surface area contributed by atoms with Gasteiger partial charge in [0.15, 0.2) is 0 Å². The summed E-state index contributed by atoms with van der Waals surface area (Å²) in [5, 5.41) is 3.06. The smallest absolute Gasteiger partial charge is 0.218 e. The van der Waals surface area contributed by atoms with E-state index in [0.717, 1.165) is 18.1 Å². The lowest BCUT2D eigenvalue weighted by Gasteiger charge is -2.19. The fraction of sp³-hybridized carbons (Fsp3) is 0.733. The molecule has 2 heterocycles. The summed E-state index contributed by atoms with van der Waals surface area (Å²) in [5.74, 6) is 2.61. The third-order valence-corrected chi connectivity index (χ3v) is 3.87. The summed E-state index contributed by atoms with van der Waals surface area (Å²) in [6.45, 7) is 6.10. The van der Waals surface area contributed by atoms with E-state index in [1.165, 1.54) is 19.4 Å². The minimum Gasteiger partial charge on any atom is -0.477 e. The monoisotopic (exact) mass is 278 g/mol. The molecule has 0 spiro atoms. The molecule has 0 aromatic carbocycles. The molecule has 1 unspecified atom stereocenters. The van der Waals surface area contributed by atoms with Gasteiger partial charge >= 0.3 is 0 Å². The Hall–Kier alpha value is -1.36. The van der Waals surface area contributed by atoms with Crippen molar-refractivity contribution in [1.82, 2.24) is 14.9 Å². The van der Waals surface area contributed by atoms with Crippen LogP contribution in [0, 0.1) is 0 Å². The van der Waals surface area contributed by atoms with E-state index in [0.29, 0.717) is 24.4 Å². The van der Waals surface area contributed by atoms with Crippen LogP contribution < -0.4 is 10.1 Å². The topological polar surface area (TPSA) is 50.3 Å². The maximum Gasteiger partial charge on any atom is 0.218 e. The first-order valence-corrected chi connectivity index (χ1v) is 7.50. The number of nitrogens with zero attached hydrogens (tertiary/aromatic N) is 3. The highest BCUT2D eigenvalue weighted by molar-refractivity contribution is 5.38. The van der Waals surface area contributed by atoms with Gasteiger partial charge < -0.3 is 15.0 Å². The van der Waals surface area contributed by atoms with Crippen LogP contribution in [0.2, 0.25) is 0 Å². The van der Waals surface area contributed by atoms with E-state index < -0.39 is 0 Å². The Kier molecular flexibility index (Phi) is 5.17. The molecule has 1 aliphatic heterocycles. The van der Waals surface area contributed by atoms with Crippen molar-refractivity contribution < 1.29 is 4.74 Å². The molecule has 1 atom stereocenters. The number of rotatable bonds is 6. The van der Waals surface area contributed by atoms with Gasteiger partial charge in [-0.15, -0.1) is 0 Å². The lowest BCUT2D eigenvalue weighted by atomic mass is 10.1. The van der Waals surface area contributed by atoms with Gasteiger partial charge in [0.1, 0.15) is 11.6 Å². The molecule has 0 radical (unpaired) electrons. The largest absolute Gasteiger partial charge is 0.477 e. The highest BCUT2D eigenvalue weighted by Crippen LogP contribution is 2.20. The van der Waals surface area contributed by atoms with Gasteiger partial charge in [-0.25, -0.2) is 4.98 Å². The maximum absolute atomic E-state index is 5.83. The number of aromatic nitrogens is 2. The number of hydrogen-bond donors (Lipinski definition) is 1. The Balaban J connectivity index is 1.93. The molecule has 1 aromatic heterocycles. The molecule has 0 bridgehead atoms. The average molecular weight is 278 g/mol. The highest BCUT2D eigenvalue weighted by atomic mass is 16.5. The Bertz CT molecular complexity index is 436. The first-order chi connectivity index (χ1) is 9.60. The summed E-state index contributed by atoms with van der Waals surface area (Å²) in [5.41, 5.74) is 0. The van der Waals surface area contributed by atoms with Gasteiger partial charge in [-0.1, -0.05) is 13.8 Å². The zero-order valence-corrected chi connectivity index (χ0v) is 13.0. The number of anilines is 1. The summed E-state index contributed by atoms with van der Waals surface area (Å²) in [6.07, 6.45) is 3.64. The van der Waals surface area contributed by atoms with E-state index >= 15 is 0 Å². The molecule has 5 heteroatoms. The molecule has 5 nitrogen and oxygen atoms in total. The van der Waals surface area contributed by atoms with E-state index in [1.54, 1.807) is 0 Å². The van der Waals surface area contributed by atoms with Crippen LogP contribution in [0.5, 0.6) is 5.88 Å². The van der Waals surface area contributed by atoms with Crippen LogP contribution in [-0.2, 0) is 0 Å². The van der Waals surface area contributed by atoms with Gasteiger partial charge in [0.25, 0.3) is 0 Å². The summed E-state index contributed by atoms with van der Waals surface area (Å²) in [7, 11) is 4.06. The molecule has 20 heavy (non-hydrogen) atoms. The van der Waals surface area contributed by atoms with Gasteiger partial charge in [0.2, 0.25) is 5.88 Å². The molecular formula is C15H26N4O. The second-order valence-electron chi connectivity index (χ2n) is 5.77. The fourth-order valence-corrected chi connectivity index (χ4v) is 2.55. The van der Waals surface area contributed by atoms with Crippen LogP contribution in [0.25, 0.3) is 0 Å². The van der Waals surface area contributed by atoms with Crippen molar-refractivity contribution in [3.63, 3.8) is 0 Å². The van der Waals surface area contributed by atoms with Crippen LogP contribution in [0.1, 0.15) is 44.9 Å². The number of likely N-dealkylation sites (tertiary alicyclic amines) is 1. The van der Waals surface area contributed by atoms with Crippen molar-refractivity contribution in [1.29, 1.82) is 0 Å². The molecule has 1 aliphatic rings. The van der Waals surface area contributed by atoms with E-state index in [2.05, 4.69) is 41.1 Å². The van der Waals surface area contributed by atoms with Crippen molar-refractivity contribution >= 4 is 5.82 Å². The van der Waals surface area contributed by atoms with E-state index in [1.807, 2.05) is 13.1 Å². The maximum atomic E-state index is 5.83. The molecule has 0 amide bonds. The van der Waals surface area contributed by atoms with Crippen LogP contribution in [0.3, 0.4) is 0 Å². The summed E-state index contributed by atoms with van der Waals surface area (Å²) in [6, 6.07) is 2.52. The number of nitrogens with one attached hydrogen (secondary N) is 1. The van der Waals surface area contributed by atoms with Crippen molar-refractivity contribution in [3.05, 3.63) is 11.9 Å². The molecular weight excluding hydrogens is 252 g/mol. The molecule has 1 aromatic rings. The molecule has 1 fully saturated rings. The predicted molar refractivity (Wildman–Crippen MR) is 81.4 cm³/mol. The second kappa shape index (κ2) is 6.88. The molecule has 0 aliphatic carbocycles. The first-order valence-electron chi connectivity index (χ1n) is 7.50. The Labute approximate surface area is 121 Å². The zero-order valence-electron chi connectivity index (χ0n) is 13.0. The van der Waals surface area contributed by atoms with Crippen LogP contribution in [0.4, 0.5) is 5.82 Å². The van der Waals surface area contributed by atoms with Crippen LogP contribution in [-0.4, -0.2) is 48.2 Å². The van der Waals surface area contributed by atoms with E-state index in [4.69, 9.17) is 4.74 Å². The van der Waals surface area contributed by atoms with Crippen molar-refractivity contribution in [2.75, 3.05) is 32.6 Å². The Morgan fingerprint density at radius 2 is 2.25 bits per heavy atom. The summed E-state index contributed by atoms with van der Waals surface area (Å²) >= 11 is 0. The van der Waals surface area contributed by atoms with Gasteiger partial charge in [-0.05, 0) is 32.9 Å². The highest BCUT2D eigenvalue weighted by Gasteiger charge is 2.20. The minimum absolute atomic E-state index is 0.298. The lowest BCUT2D eigenvalue weighted by molar-refractivity contribution is 0.228. The predicted octanol–water partition coefficient (Wildman–Crippen LogP) is 2.50. The standard InChI is InChI=1S/C15H26N4O/c1-11(2)15-17-13(16-3)10-14(18-15)20-9-7-12-6-5-8-19(12)4/h10-12H,5-9H2,1-4H3,(H,16,17,18). The third-order valence-electron chi connectivity index (χ3n) is 3.87. The quantitative estimate of drug-likeness (QED) is 0.866. The second-order valence-corrected chi connectivity index (χ2v) is 5.77.